The fourth-order valence-electron chi connectivity index (χ4n) is 0.803. The van der Waals surface area contributed by atoms with Crippen molar-refractivity contribution in [3.63, 3.8) is 0 Å². The van der Waals surface area contributed by atoms with Crippen molar-refractivity contribution in [2.45, 2.75) is 0 Å². The number of nitrogens with zero attached hydrogens (tertiary/aromatic N) is 2. The molecule has 0 fully saturated rings. The van der Waals surface area contributed by atoms with Crippen LogP contribution >= 0.6 is 0 Å². The highest BCUT2D eigenvalue weighted by Gasteiger charge is 1.93. The van der Waals surface area contributed by atoms with Gasteiger partial charge < -0.3 is 0 Å². The molecule has 0 saturated heterocycles. The van der Waals surface area contributed by atoms with Gasteiger partial charge in [0.05, 0.1) is 0 Å². The summed E-state index contributed by atoms with van der Waals surface area (Å²) in [5.74, 6) is 0. The van der Waals surface area contributed by atoms with Gasteiger partial charge in [0, 0.05) is 6.20 Å². The van der Waals surface area contributed by atoms with E-state index < -0.39 is 0 Å². The first-order valence-electron chi connectivity index (χ1n) is 2.81. The van der Waals surface area contributed by atoms with Crippen molar-refractivity contribution in [1.82, 2.24) is 14.6 Å². The third kappa shape index (κ3) is 0.556. The number of rotatable bonds is 0. The van der Waals surface area contributed by atoms with Crippen LogP contribution in [0.1, 0.15) is 0 Å². The first kappa shape index (κ1) is 5.22. The largest absolute Gasteiger partial charge is 0.347 e. The van der Waals surface area contributed by atoms with Crippen LogP contribution in [0.25, 0.3) is 5.65 Å². The lowest BCUT2D eigenvalue weighted by molar-refractivity contribution is 1.02. The molecule has 1 N–H and O–H groups in total. The highest BCUT2D eigenvalue weighted by molar-refractivity contribution is 5.34. The lowest BCUT2D eigenvalue weighted by atomic mass is 10.5. The van der Waals surface area contributed by atoms with Crippen molar-refractivity contribution in [3.8, 4) is 0 Å². The first-order chi connectivity index (χ1) is 4.88. The third-order valence-electron chi connectivity index (χ3n) is 1.26. The van der Waals surface area contributed by atoms with Gasteiger partial charge in [0.25, 0.3) is 0 Å². The number of aromatic amines is 1. The van der Waals surface area contributed by atoms with Crippen molar-refractivity contribution in [3.05, 3.63) is 34.9 Å². The number of aromatic nitrogens is 3. The summed E-state index contributed by atoms with van der Waals surface area (Å²) in [7, 11) is 0. The van der Waals surface area contributed by atoms with Crippen LogP contribution in [0.4, 0.5) is 0 Å². The fourth-order valence-corrected chi connectivity index (χ4v) is 0.803. The minimum absolute atomic E-state index is 0.219. The number of hydrogen-bond donors (Lipinski definition) is 1. The van der Waals surface area contributed by atoms with E-state index in [9.17, 15) is 4.79 Å². The molecule has 0 aromatic carbocycles. The summed E-state index contributed by atoms with van der Waals surface area (Å²) in [5.41, 5.74) is 0.372. The molecular formula is C6H4N3O. The van der Waals surface area contributed by atoms with Crippen LogP contribution in [0.3, 0.4) is 0 Å². The molecule has 2 aromatic rings. The van der Waals surface area contributed by atoms with Gasteiger partial charge in [0.2, 0.25) is 0 Å². The van der Waals surface area contributed by atoms with Crippen molar-refractivity contribution < 1.29 is 0 Å². The zero-order valence-electron chi connectivity index (χ0n) is 5.03. The lowest BCUT2D eigenvalue weighted by Crippen LogP contribution is -2.07. The molecule has 2 aromatic heterocycles. The molecule has 1 radical (unpaired) electrons. The van der Waals surface area contributed by atoms with Gasteiger partial charge in [-0.25, -0.2) is 9.89 Å². The summed E-state index contributed by atoms with van der Waals surface area (Å²) in [6.07, 6.45) is 1.61. The van der Waals surface area contributed by atoms with Gasteiger partial charge in [-0.3, -0.25) is 4.40 Å². The zero-order valence-corrected chi connectivity index (χ0v) is 5.03. The maximum Gasteiger partial charge on any atom is 0.347 e. The van der Waals surface area contributed by atoms with Crippen molar-refractivity contribution in [1.29, 1.82) is 0 Å². The molecule has 0 unspecified atom stereocenters. The zero-order chi connectivity index (χ0) is 6.97. The predicted octanol–water partition coefficient (Wildman–Crippen LogP) is -0.177. The molecule has 0 saturated carbocycles. The second kappa shape index (κ2) is 1.70. The maximum atomic E-state index is 10.8. The Morgan fingerprint density at radius 3 is 3.40 bits per heavy atom. The van der Waals surface area contributed by atoms with Gasteiger partial charge >= 0.3 is 5.69 Å². The summed E-state index contributed by atoms with van der Waals surface area (Å²) in [6, 6.07) is 6.10. The molecule has 2 heterocycles. The van der Waals surface area contributed by atoms with Crippen LogP contribution < -0.4 is 5.69 Å². The average molecular weight is 134 g/mol. The van der Waals surface area contributed by atoms with E-state index in [1.54, 1.807) is 18.3 Å². The normalized spacial score (nSPS) is 10.4. The molecule has 4 heteroatoms. The van der Waals surface area contributed by atoms with Crippen LogP contribution in [-0.2, 0) is 0 Å². The van der Waals surface area contributed by atoms with Crippen LogP contribution in [0.15, 0.2) is 23.1 Å². The highest BCUT2D eigenvalue weighted by atomic mass is 16.1. The molecule has 0 atom stereocenters. The summed E-state index contributed by atoms with van der Waals surface area (Å²) >= 11 is 0. The van der Waals surface area contributed by atoms with E-state index >= 15 is 0 Å². The molecule has 49 valence electrons. The van der Waals surface area contributed by atoms with E-state index in [0.717, 1.165) is 0 Å². The SMILES string of the molecule is O=c1[nH]nc2c[c]ccn12. The van der Waals surface area contributed by atoms with Crippen molar-refractivity contribution in [2.75, 3.05) is 0 Å². The Labute approximate surface area is 56.1 Å². The summed E-state index contributed by atoms with van der Waals surface area (Å²) in [6.45, 7) is 0. The van der Waals surface area contributed by atoms with Gasteiger partial charge in [-0.2, -0.15) is 5.10 Å². The quantitative estimate of drug-likeness (QED) is 0.543. The standard InChI is InChI=1S/C6H4N3O/c10-6-8-7-5-3-1-2-4-9(5)6/h2-4H,(H,8,10). The van der Waals surface area contributed by atoms with Gasteiger partial charge in [-0.15, -0.1) is 0 Å². The predicted molar refractivity (Wildman–Crippen MR) is 34.6 cm³/mol. The topological polar surface area (TPSA) is 50.2 Å². The molecular weight excluding hydrogens is 130 g/mol. The number of hydrogen-bond acceptors (Lipinski definition) is 2. The van der Waals surface area contributed by atoms with E-state index in [1.165, 1.54) is 4.40 Å². The average Bonchev–Trinajstić information content (AvgIpc) is 2.34. The van der Waals surface area contributed by atoms with Crippen LogP contribution in [0, 0.1) is 6.07 Å². The Morgan fingerprint density at radius 1 is 1.70 bits per heavy atom. The fraction of sp³-hybridized carbons (Fsp3) is 0. The number of H-pyrrole nitrogens is 1. The van der Waals surface area contributed by atoms with E-state index in [1.807, 2.05) is 0 Å². The highest BCUT2D eigenvalue weighted by Crippen LogP contribution is 1.90. The summed E-state index contributed by atoms with van der Waals surface area (Å²) in [4.78, 5) is 10.8. The molecule has 0 aliphatic rings. The molecule has 2 rings (SSSR count). The monoisotopic (exact) mass is 134 g/mol. The molecule has 0 aliphatic heterocycles. The minimum Gasteiger partial charge on any atom is -0.250 e. The molecule has 0 aliphatic carbocycles. The van der Waals surface area contributed by atoms with Gasteiger partial charge in [0.15, 0.2) is 5.65 Å². The Balaban J connectivity index is 3.07. The minimum atomic E-state index is -0.219. The van der Waals surface area contributed by atoms with Crippen LogP contribution in [-0.4, -0.2) is 14.6 Å². The Bertz CT molecular complexity index is 400. The van der Waals surface area contributed by atoms with E-state index in [0.29, 0.717) is 5.65 Å². The second-order valence-electron chi connectivity index (χ2n) is 1.88. The van der Waals surface area contributed by atoms with E-state index in [-0.39, 0.29) is 5.69 Å². The van der Waals surface area contributed by atoms with E-state index in [4.69, 9.17) is 0 Å². The lowest BCUT2D eigenvalue weighted by Gasteiger charge is -1.83. The Hall–Kier alpha value is -1.58. The molecule has 4 nitrogen and oxygen atoms in total. The van der Waals surface area contributed by atoms with Crippen LogP contribution in [0.2, 0.25) is 0 Å². The summed E-state index contributed by atoms with van der Waals surface area (Å²) < 4.78 is 1.41. The number of pyridine rings is 1. The van der Waals surface area contributed by atoms with Gasteiger partial charge in [-0.05, 0) is 18.2 Å². The van der Waals surface area contributed by atoms with Gasteiger partial charge in [-0.1, -0.05) is 0 Å². The number of fused-ring (bicyclic) bond motifs is 1. The Morgan fingerprint density at radius 2 is 2.60 bits per heavy atom. The first-order valence-corrected chi connectivity index (χ1v) is 2.81. The number of nitrogens with one attached hydrogen (secondary N) is 1. The maximum absolute atomic E-state index is 10.8. The van der Waals surface area contributed by atoms with Crippen LogP contribution in [0.5, 0.6) is 0 Å². The summed E-state index contributed by atoms with van der Waals surface area (Å²) in [5, 5.41) is 6.03. The van der Waals surface area contributed by atoms with Gasteiger partial charge in [0.1, 0.15) is 0 Å². The second-order valence-corrected chi connectivity index (χ2v) is 1.88. The van der Waals surface area contributed by atoms with Crippen molar-refractivity contribution in [2.24, 2.45) is 0 Å². The molecule has 0 bridgehead atoms. The van der Waals surface area contributed by atoms with Crippen molar-refractivity contribution >= 4 is 5.65 Å². The smallest absolute Gasteiger partial charge is 0.250 e. The molecule has 0 amide bonds. The molecule has 0 spiro atoms. The molecule has 10 heavy (non-hydrogen) atoms. The van der Waals surface area contributed by atoms with E-state index in [2.05, 4.69) is 16.3 Å². The third-order valence-corrected chi connectivity index (χ3v) is 1.26. The Kier molecular flexibility index (Phi) is 0.887.